The van der Waals surface area contributed by atoms with Gasteiger partial charge in [0.25, 0.3) is 0 Å². The highest BCUT2D eigenvalue weighted by Gasteiger charge is 2.22. The Balaban J connectivity index is 1.63. The van der Waals surface area contributed by atoms with E-state index in [0.717, 1.165) is 31.0 Å². The van der Waals surface area contributed by atoms with Gasteiger partial charge in [0.05, 0.1) is 6.54 Å². The van der Waals surface area contributed by atoms with Gasteiger partial charge < -0.3 is 20.7 Å². The highest BCUT2D eigenvalue weighted by molar-refractivity contribution is 5.86. The Morgan fingerprint density at radius 2 is 1.89 bits per heavy atom. The number of aryl methyl sites for hydroxylation is 1. The molecule has 3 aromatic rings. The van der Waals surface area contributed by atoms with Crippen LogP contribution in [0, 0.1) is 6.92 Å². The Kier molecular flexibility index (Phi) is 6.37. The number of fused-ring (bicyclic) bond motifs is 1. The first-order valence-corrected chi connectivity index (χ1v) is 9.87. The summed E-state index contributed by atoms with van der Waals surface area (Å²) >= 11 is 0. The van der Waals surface area contributed by atoms with Crippen molar-refractivity contribution < 1.29 is 5.11 Å². The summed E-state index contributed by atoms with van der Waals surface area (Å²) in [6, 6.07) is 16.0. The molecule has 0 saturated carbocycles. The van der Waals surface area contributed by atoms with Gasteiger partial charge in [0.15, 0.2) is 5.96 Å². The molecule has 0 aliphatic rings. The molecule has 0 spiro atoms. The third kappa shape index (κ3) is 4.73. The van der Waals surface area contributed by atoms with Crippen LogP contribution >= 0.6 is 0 Å². The first-order valence-electron chi connectivity index (χ1n) is 9.87. The molecule has 1 atom stereocenters. The molecular weight excluding hydrogens is 348 g/mol. The SMILES string of the molecule is CCNC(=NCC(C)(O)c1ccccc1)NCCc1c[nH]c2cccc(C)c12. The van der Waals surface area contributed by atoms with Crippen LogP contribution in [0.4, 0.5) is 0 Å². The number of H-pyrrole nitrogens is 1. The van der Waals surface area contributed by atoms with Gasteiger partial charge in [-0.15, -0.1) is 0 Å². The van der Waals surface area contributed by atoms with Crippen molar-refractivity contribution in [1.29, 1.82) is 0 Å². The molecule has 1 aromatic heterocycles. The van der Waals surface area contributed by atoms with Crippen LogP contribution in [-0.2, 0) is 12.0 Å². The highest BCUT2D eigenvalue weighted by Crippen LogP contribution is 2.22. The predicted molar refractivity (Wildman–Crippen MR) is 117 cm³/mol. The number of nitrogens with one attached hydrogen (secondary N) is 3. The summed E-state index contributed by atoms with van der Waals surface area (Å²) in [5.41, 5.74) is 3.62. The number of aromatic amines is 1. The van der Waals surface area contributed by atoms with Gasteiger partial charge in [0.2, 0.25) is 0 Å². The maximum absolute atomic E-state index is 10.8. The van der Waals surface area contributed by atoms with Crippen molar-refractivity contribution in [3.8, 4) is 0 Å². The molecule has 0 radical (unpaired) electrons. The van der Waals surface area contributed by atoms with Gasteiger partial charge in [-0.25, -0.2) is 4.99 Å². The van der Waals surface area contributed by atoms with Gasteiger partial charge in [0, 0.05) is 30.2 Å². The van der Waals surface area contributed by atoms with Crippen molar-refractivity contribution in [2.45, 2.75) is 32.8 Å². The summed E-state index contributed by atoms with van der Waals surface area (Å²) in [7, 11) is 0. The van der Waals surface area contributed by atoms with E-state index in [1.165, 1.54) is 22.0 Å². The number of benzene rings is 2. The number of nitrogens with zero attached hydrogens (tertiary/aromatic N) is 1. The number of aliphatic imine (C=N–C) groups is 1. The zero-order chi connectivity index (χ0) is 20.0. The second kappa shape index (κ2) is 8.93. The third-order valence-corrected chi connectivity index (χ3v) is 4.97. The molecule has 0 bridgehead atoms. The number of hydrogen-bond acceptors (Lipinski definition) is 2. The molecule has 4 N–H and O–H groups in total. The van der Waals surface area contributed by atoms with E-state index in [1.807, 2.05) is 37.3 Å². The second-order valence-electron chi connectivity index (χ2n) is 7.32. The van der Waals surface area contributed by atoms with E-state index in [1.54, 1.807) is 6.92 Å². The van der Waals surface area contributed by atoms with E-state index in [-0.39, 0.29) is 0 Å². The van der Waals surface area contributed by atoms with E-state index in [0.29, 0.717) is 6.54 Å². The van der Waals surface area contributed by atoms with Crippen LogP contribution in [0.25, 0.3) is 10.9 Å². The van der Waals surface area contributed by atoms with Crippen LogP contribution < -0.4 is 10.6 Å². The summed E-state index contributed by atoms with van der Waals surface area (Å²) in [5.74, 6) is 0.718. The molecule has 0 aliphatic heterocycles. The number of aromatic nitrogens is 1. The smallest absolute Gasteiger partial charge is 0.191 e. The monoisotopic (exact) mass is 378 g/mol. The average Bonchev–Trinajstić information content (AvgIpc) is 3.11. The normalized spacial score (nSPS) is 14.1. The minimum Gasteiger partial charge on any atom is -0.384 e. The molecule has 0 amide bonds. The lowest BCUT2D eigenvalue weighted by atomic mass is 9.96. The molecule has 2 aromatic carbocycles. The summed E-state index contributed by atoms with van der Waals surface area (Å²) in [6.45, 7) is 7.80. The Bertz CT molecular complexity index is 928. The van der Waals surface area contributed by atoms with E-state index in [4.69, 9.17) is 0 Å². The Morgan fingerprint density at radius 3 is 2.64 bits per heavy atom. The van der Waals surface area contributed by atoms with Crippen LogP contribution in [0.1, 0.15) is 30.5 Å². The molecule has 148 valence electrons. The lowest BCUT2D eigenvalue weighted by molar-refractivity contribution is 0.0672. The summed E-state index contributed by atoms with van der Waals surface area (Å²) in [4.78, 5) is 7.95. The lowest BCUT2D eigenvalue weighted by Crippen LogP contribution is -2.39. The van der Waals surface area contributed by atoms with Gasteiger partial charge in [-0.1, -0.05) is 42.5 Å². The van der Waals surface area contributed by atoms with Crippen molar-refractivity contribution in [3.63, 3.8) is 0 Å². The highest BCUT2D eigenvalue weighted by atomic mass is 16.3. The Morgan fingerprint density at radius 1 is 1.11 bits per heavy atom. The van der Waals surface area contributed by atoms with Crippen LogP contribution in [0.2, 0.25) is 0 Å². The zero-order valence-corrected chi connectivity index (χ0v) is 16.9. The minimum atomic E-state index is -1.00. The van der Waals surface area contributed by atoms with Crippen molar-refractivity contribution in [3.05, 3.63) is 71.4 Å². The third-order valence-electron chi connectivity index (χ3n) is 4.97. The van der Waals surface area contributed by atoms with Crippen molar-refractivity contribution in [1.82, 2.24) is 15.6 Å². The fourth-order valence-electron chi connectivity index (χ4n) is 3.43. The molecule has 1 unspecified atom stereocenters. The van der Waals surface area contributed by atoms with Crippen LogP contribution in [0.5, 0.6) is 0 Å². The molecular formula is C23H30N4O. The largest absolute Gasteiger partial charge is 0.384 e. The van der Waals surface area contributed by atoms with Gasteiger partial charge in [0.1, 0.15) is 5.60 Å². The standard InChI is InChI=1S/C23H30N4O/c1-4-24-22(27-16-23(3,28)19-10-6-5-7-11-19)25-14-13-18-15-26-20-12-8-9-17(2)21(18)20/h5-12,15,26,28H,4,13-14,16H2,1-3H3,(H2,24,25,27). The fraction of sp³-hybridized carbons (Fsp3) is 0.348. The van der Waals surface area contributed by atoms with Gasteiger partial charge in [-0.05, 0) is 49.9 Å². The van der Waals surface area contributed by atoms with Gasteiger partial charge in [-0.2, -0.15) is 0 Å². The molecule has 1 heterocycles. The van der Waals surface area contributed by atoms with Crippen molar-refractivity contribution >= 4 is 16.9 Å². The quantitative estimate of drug-likeness (QED) is 0.376. The van der Waals surface area contributed by atoms with Crippen molar-refractivity contribution in [2.24, 2.45) is 4.99 Å². The van der Waals surface area contributed by atoms with E-state index in [9.17, 15) is 5.11 Å². The second-order valence-corrected chi connectivity index (χ2v) is 7.32. The number of aliphatic hydroxyl groups is 1. The Labute approximate surface area is 166 Å². The minimum absolute atomic E-state index is 0.290. The molecule has 0 fully saturated rings. The topological polar surface area (TPSA) is 72.4 Å². The van der Waals surface area contributed by atoms with E-state index >= 15 is 0 Å². The van der Waals surface area contributed by atoms with Crippen LogP contribution in [0.3, 0.4) is 0 Å². The maximum Gasteiger partial charge on any atom is 0.191 e. The molecule has 0 saturated heterocycles. The molecule has 28 heavy (non-hydrogen) atoms. The number of hydrogen-bond donors (Lipinski definition) is 4. The average molecular weight is 379 g/mol. The molecule has 0 aliphatic carbocycles. The lowest BCUT2D eigenvalue weighted by Gasteiger charge is -2.22. The predicted octanol–water partition coefficient (Wildman–Crippen LogP) is 3.48. The number of rotatable bonds is 7. The van der Waals surface area contributed by atoms with Crippen LogP contribution in [-0.4, -0.2) is 35.7 Å². The van der Waals surface area contributed by atoms with Gasteiger partial charge >= 0.3 is 0 Å². The summed E-state index contributed by atoms with van der Waals surface area (Å²) in [6.07, 6.45) is 2.98. The fourth-order valence-corrected chi connectivity index (χ4v) is 3.43. The maximum atomic E-state index is 10.8. The number of guanidine groups is 1. The molecule has 5 heteroatoms. The first kappa shape index (κ1) is 20.0. The molecule has 5 nitrogen and oxygen atoms in total. The van der Waals surface area contributed by atoms with Gasteiger partial charge in [-0.3, -0.25) is 0 Å². The molecule has 3 rings (SSSR count). The van der Waals surface area contributed by atoms with Crippen molar-refractivity contribution in [2.75, 3.05) is 19.6 Å². The summed E-state index contributed by atoms with van der Waals surface area (Å²) in [5, 5.41) is 18.7. The van der Waals surface area contributed by atoms with E-state index < -0.39 is 5.60 Å². The van der Waals surface area contributed by atoms with Crippen LogP contribution in [0.15, 0.2) is 59.7 Å². The summed E-state index contributed by atoms with van der Waals surface area (Å²) < 4.78 is 0. The zero-order valence-electron chi connectivity index (χ0n) is 16.9. The van der Waals surface area contributed by atoms with E-state index in [2.05, 4.69) is 51.9 Å². The first-order chi connectivity index (χ1) is 13.5. The Hall–Kier alpha value is -2.79.